The van der Waals surface area contributed by atoms with E-state index in [9.17, 15) is 24.0 Å². The molecule has 11 nitrogen and oxygen atoms in total. The number of aromatic nitrogens is 1. The van der Waals surface area contributed by atoms with Crippen LogP contribution in [-0.4, -0.2) is 59.3 Å². The maximum Gasteiger partial charge on any atom is 0.408 e. The standard InChI is InChI=1S/C30H39N5O6/c1-18(2)14-24(34-28(38)25(19(3)4)35-30(40)41-17-20-8-6-5-7-9-20)27(37)33-23-16-21-10-12-31-22(15-21)11-13-32-29(39)26(23)36/h5-10,12,15,18-19,23-25H,11,13-14,16-17H2,1-4H3,(H,32,39)(H,33,37)(H,34,38)(H,35,40). The molecule has 41 heavy (non-hydrogen) atoms. The lowest BCUT2D eigenvalue weighted by atomic mass is 9.97. The number of carbonyl (C=O) groups is 5. The van der Waals surface area contributed by atoms with E-state index in [-0.39, 0.29) is 37.8 Å². The van der Waals surface area contributed by atoms with Gasteiger partial charge in [0.15, 0.2) is 0 Å². The van der Waals surface area contributed by atoms with E-state index >= 15 is 0 Å². The summed E-state index contributed by atoms with van der Waals surface area (Å²) in [6.45, 7) is 7.60. The fraction of sp³-hybridized carbons (Fsp3) is 0.467. The van der Waals surface area contributed by atoms with Gasteiger partial charge in [0.2, 0.25) is 17.6 Å². The average molecular weight is 566 g/mol. The zero-order valence-electron chi connectivity index (χ0n) is 23.9. The highest BCUT2D eigenvalue weighted by molar-refractivity contribution is 6.38. The molecule has 3 atom stereocenters. The van der Waals surface area contributed by atoms with Crippen LogP contribution in [0.4, 0.5) is 4.79 Å². The number of amides is 4. The highest BCUT2D eigenvalue weighted by atomic mass is 16.5. The lowest BCUT2D eigenvalue weighted by Crippen LogP contribution is -2.58. The van der Waals surface area contributed by atoms with Gasteiger partial charge in [-0.2, -0.15) is 0 Å². The molecule has 1 aromatic carbocycles. The van der Waals surface area contributed by atoms with Crippen molar-refractivity contribution in [3.63, 3.8) is 0 Å². The van der Waals surface area contributed by atoms with Crippen molar-refractivity contribution in [3.8, 4) is 0 Å². The normalized spacial score (nSPS) is 16.8. The third-order valence-electron chi connectivity index (χ3n) is 6.62. The number of alkyl carbamates (subject to hydrolysis) is 1. The maximum atomic E-state index is 13.5. The topological polar surface area (TPSA) is 156 Å². The lowest BCUT2D eigenvalue weighted by Gasteiger charge is -2.27. The van der Waals surface area contributed by atoms with Crippen LogP contribution in [0, 0.1) is 11.8 Å². The molecule has 0 saturated carbocycles. The second-order valence-corrected chi connectivity index (χ2v) is 10.9. The third-order valence-corrected chi connectivity index (χ3v) is 6.62. The summed E-state index contributed by atoms with van der Waals surface area (Å²) in [5.41, 5.74) is 2.32. The van der Waals surface area contributed by atoms with Crippen molar-refractivity contribution in [2.45, 2.75) is 71.7 Å². The van der Waals surface area contributed by atoms with Crippen LogP contribution >= 0.6 is 0 Å². The van der Waals surface area contributed by atoms with Gasteiger partial charge in [0.25, 0.3) is 5.91 Å². The molecule has 4 amide bonds. The number of fused-ring (bicyclic) bond motifs is 2. The molecule has 4 N–H and O–H groups in total. The number of benzene rings is 1. The Morgan fingerprint density at radius 3 is 2.44 bits per heavy atom. The molecule has 3 unspecified atom stereocenters. The van der Waals surface area contributed by atoms with Gasteiger partial charge in [0, 0.05) is 31.3 Å². The predicted molar refractivity (Wildman–Crippen MR) is 151 cm³/mol. The number of rotatable bonds is 10. The first-order chi connectivity index (χ1) is 19.5. The first-order valence-electron chi connectivity index (χ1n) is 13.9. The predicted octanol–water partition coefficient (Wildman–Crippen LogP) is 1.83. The molecule has 220 valence electrons. The molecule has 2 bridgehead atoms. The van der Waals surface area contributed by atoms with Crippen molar-refractivity contribution in [2.24, 2.45) is 11.8 Å². The van der Waals surface area contributed by atoms with Gasteiger partial charge in [-0.15, -0.1) is 0 Å². The van der Waals surface area contributed by atoms with Crippen LogP contribution in [0.1, 0.15) is 50.9 Å². The van der Waals surface area contributed by atoms with E-state index in [0.29, 0.717) is 6.42 Å². The highest BCUT2D eigenvalue weighted by Gasteiger charge is 2.33. The van der Waals surface area contributed by atoms with Gasteiger partial charge in [-0.1, -0.05) is 58.0 Å². The van der Waals surface area contributed by atoms with E-state index in [0.717, 1.165) is 16.8 Å². The van der Waals surface area contributed by atoms with Crippen molar-refractivity contribution in [1.29, 1.82) is 0 Å². The van der Waals surface area contributed by atoms with Crippen LogP contribution < -0.4 is 21.3 Å². The van der Waals surface area contributed by atoms with Crippen LogP contribution in [-0.2, 0) is 43.4 Å². The third kappa shape index (κ3) is 9.70. The van der Waals surface area contributed by atoms with Crippen molar-refractivity contribution in [2.75, 3.05) is 6.54 Å². The monoisotopic (exact) mass is 565 g/mol. The minimum Gasteiger partial charge on any atom is -0.445 e. The largest absolute Gasteiger partial charge is 0.445 e. The summed E-state index contributed by atoms with van der Waals surface area (Å²) in [5, 5.41) is 10.6. The number of pyridine rings is 1. The van der Waals surface area contributed by atoms with E-state index in [1.54, 1.807) is 26.1 Å². The molecule has 0 radical (unpaired) electrons. The Hall–Kier alpha value is -4.28. The number of hydrogen-bond acceptors (Lipinski definition) is 7. The minimum atomic E-state index is -1.13. The van der Waals surface area contributed by atoms with E-state index in [1.807, 2.05) is 50.2 Å². The highest BCUT2D eigenvalue weighted by Crippen LogP contribution is 2.12. The van der Waals surface area contributed by atoms with Gasteiger partial charge < -0.3 is 26.0 Å². The van der Waals surface area contributed by atoms with Gasteiger partial charge in [-0.25, -0.2) is 4.79 Å². The first-order valence-corrected chi connectivity index (χ1v) is 13.9. The van der Waals surface area contributed by atoms with Crippen molar-refractivity contribution in [1.82, 2.24) is 26.3 Å². The minimum absolute atomic E-state index is 0.0122. The molecule has 0 aliphatic carbocycles. The zero-order valence-corrected chi connectivity index (χ0v) is 23.9. The van der Waals surface area contributed by atoms with E-state index in [4.69, 9.17) is 4.74 Å². The van der Waals surface area contributed by atoms with Crippen LogP contribution in [0.5, 0.6) is 0 Å². The molecular formula is C30H39N5O6. The number of Topliss-reactive ketones (excluding diaryl/α,β-unsaturated/α-hetero) is 1. The second kappa shape index (κ2) is 14.9. The summed E-state index contributed by atoms with van der Waals surface area (Å²) in [5.74, 6) is -3.02. The van der Waals surface area contributed by atoms with Crippen LogP contribution in [0.3, 0.4) is 0 Å². The summed E-state index contributed by atoms with van der Waals surface area (Å²) in [6, 6.07) is 9.60. The SMILES string of the molecule is CC(C)CC(NC(=O)C(NC(=O)OCc1ccccc1)C(C)C)C(=O)NC1Cc2ccnc(c2)CCNC(=O)C1=O. The number of nitrogens with one attached hydrogen (secondary N) is 4. The Morgan fingerprint density at radius 2 is 1.76 bits per heavy atom. The molecule has 0 fully saturated rings. The van der Waals surface area contributed by atoms with Crippen molar-refractivity contribution < 1.29 is 28.7 Å². The summed E-state index contributed by atoms with van der Waals surface area (Å²) in [7, 11) is 0. The number of hydrogen-bond donors (Lipinski definition) is 4. The molecular weight excluding hydrogens is 526 g/mol. The number of ether oxygens (including phenoxy) is 1. The van der Waals surface area contributed by atoms with Crippen molar-refractivity contribution in [3.05, 3.63) is 65.5 Å². The Morgan fingerprint density at radius 1 is 1.02 bits per heavy atom. The van der Waals surface area contributed by atoms with Gasteiger partial charge in [0.05, 0.1) is 0 Å². The van der Waals surface area contributed by atoms with Crippen molar-refractivity contribution >= 4 is 29.6 Å². The summed E-state index contributed by atoms with van der Waals surface area (Å²) in [4.78, 5) is 68.9. The number of carbonyl (C=O) groups excluding carboxylic acids is 5. The average Bonchev–Trinajstić information content (AvgIpc) is 2.93. The first kappa shape index (κ1) is 31.3. The van der Waals surface area contributed by atoms with E-state index in [1.165, 1.54) is 0 Å². The summed E-state index contributed by atoms with van der Waals surface area (Å²) in [6.07, 6.45) is 1.72. The van der Waals surface area contributed by atoms with Gasteiger partial charge in [0.1, 0.15) is 24.7 Å². The van der Waals surface area contributed by atoms with Crippen LogP contribution in [0.25, 0.3) is 0 Å². The molecule has 1 aliphatic rings. The Labute approximate surface area is 240 Å². The summed E-state index contributed by atoms with van der Waals surface area (Å²) >= 11 is 0. The lowest BCUT2D eigenvalue weighted by molar-refractivity contribution is -0.140. The Kier molecular flexibility index (Phi) is 11.4. The smallest absolute Gasteiger partial charge is 0.408 e. The summed E-state index contributed by atoms with van der Waals surface area (Å²) < 4.78 is 5.27. The van der Waals surface area contributed by atoms with E-state index < -0.39 is 47.7 Å². The number of ketones is 1. The quantitative estimate of drug-likeness (QED) is 0.320. The van der Waals surface area contributed by atoms with Gasteiger partial charge in [-0.05, 0) is 41.5 Å². The van der Waals surface area contributed by atoms with Crippen LogP contribution in [0.15, 0.2) is 48.7 Å². The second-order valence-electron chi connectivity index (χ2n) is 10.9. The zero-order chi connectivity index (χ0) is 29.9. The fourth-order valence-electron chi connectivity index (χ4n) is 4.45. The molecule has 2 heterocycles. The fourth-order valence-corrected chi connectivity index (χ4v) is 4.45. The molecule has 1 aliphatic heterocycles. The Bertz CT molecular complexity index is 1230. The molecule has 0 saturated heterocycles. The molecule has 11 heteroatoms. The number of nitrogens with zero attached hydrogens (tertiary/aromatic N) is 1. The van der Waals surface area contributed by atoms with Crippen LogP contribution in [0.2, 0.25) is 0 Å². The van der Waals surface area contributed by atoms with Gasteiger partial charge in [-0.3, -0.25) is 24.2 Å². The molecule has 1 aromatic heterocycles. The van der Waals surface area contributed by atoms with Gasteiger partial charge >= 0.3 is 6.09 Å². The molecule has 0 spiro atoms. The maximum absolute atomic E-state index is 13.5. The van der Waals surface area contributed by atoms with E-state index in [2.05, 4.69) is 26.3 Å². The Balaban J connectivity index is 1.70. The molecule has 3 rings (SSSR count). The molecule has 2 aromatic rings.